The summed E-state index contributed by atoms with van der Waals surface area (Å²) >= 11 is 0. The first-order chi connectivity index (χ1) is 13.2. The summed E-state index contributed by atoms with van der Waals surface area (Å²) in [6, 6.07) is 27.1. The van der Waals surface area contributed by atoms with Crippen LogP contribution in [0.1, 0.15) is 5.56 Å². The lowest BCUT2D eigenvalue weighted by molar-refractivity contribution is 0.415. The maximum absolute atomic E-state index is 6.17. The molecule has 4 aromatic rings. The molecule has 0 spiro atoms. The first-order valence-corrected chi connectivity index (χ1v) is 8.98. The Bertz CT molecular complexity index is 1170. The van der Waals surface area contributed by atoms with Crippen LogP contribution in [0.5, 0.6) is 17.2 Å². The van der Waals surface area contributed by atoms with E-state index in [2.05, 4.69) is 66.4 Å². The largest absolute Gasteiger partial charge is 0.497 e. The second-order valence-electron chi connectivity index (χ2n) is 6.77. The van der Waals surface area contributed by atoms with Crippen molar-refractivity contribution in [3.63, 3.8) is 0 Å². The number of hydrogen-bond donors (Lipinski definition) is 0. The molecule has 132 valence electrons. The SMILES string of the molecule is COc1ccc2cc(N3c4ccccc4Oc4cc(C)ccc43)ccc2c1. The van der Waals surface area contributed by atoms with E-state index in [1.54, 1.807) is 7.11 Å². The van der Waals surface area contributed by atoms with Crippen LogP contribution in [0.4, 0.5) is 17.1 Å². The van der Waals surface area contributed by atoms with Gasteiger partial charge in [-0.15, -0.1) is 0 Å². The van der Waals surface area contributed by atoms with Gasteiger partial charge in [-0.3, -0.25) is 0 Å². The molecule has 5 rings (SSSR count). The van der Waals surface area contributed by atoms with Gasteiger partial charge in [-0.05, 0) is 71.8 Å². The molecule has 0 unspecified atom stereocenters. The van der Waals surface area contributed by atoms with Gasteiger partial charge in [0.15, 0.2) is 11.5 Å². The number of ether oxygens (including phenoxy) is 2. The highest BCUT2D eigenvalue weighted by atomic mass is 16.5. The standard InChI is InChI=1S/C24H19NO2/c1-16-7-12-22-24(13-16)27-23-6-4-3-5-21(23)25(22)19-10-8-18-15-20(26-2)11-9-17(18)14-19/h3-15H,1-2H3. The number of fused-ring (bicyclic) bond motifs is 3. The number of para-hydroxylation sites is 2. The summed E-state index contributed by atoms with van der Waals surface area (Å²) in [5.74, 6) is 2.61. The zero-order chi connectivity index (χ0) is 18.4. The van der Waals surface area contributed by atoms with Crippen LogP contribution in [-0.2, 0) is 0 Å². The molecule has 1 heterocycles. The van der Waals surface area contributed by atoms with Crippen LogP contribution in [0.2, 0.25) is 0 Å². The third-order valence-electron chi connectivity index (χ3n) is 4.97. The molecule has 0 aliphatic carbocycles. The maximum atomic E-state index is 6.17. The highest BCUT2D eigenvalue weighted by molar-refractivity contribution is 5.92. The van der Waals surface area contributed by atoms with Crippen LogP contribution in [0.3, 0.4) is 0 Å². The number of nitrogens with zero attached hydrogens (tertiary/aromatic N) is 1. The number of rotatable bonds is 2. The summed E-state index contributed by atoms with van der Waals surface area (Å²) in [7, 11) is 1.69. The predicted molar refractivity (Wildman–Crippen MR) is 110 cm³/mol. The molecule has 0 radical (unpaired) electrons. The lowest BCUT2D eigenvalue weighted by Gasteiger charge is -2.33. The molecular formula is C24H19NO2. The minimum Gasteiger partial charge on any atom is -0.497 e. The van der Waals surface area contributed by atoms with Crippen LogP contribution in [0, 0.1) is 6.92 Å². The van der Waals surface area contributed by atoms with Gasteiger partial charge in [0, 0.05) is 5.69 Å². The molecular weight excluding hydrogens is 334 g/mol. The Kier molecular flexibility index (Phi) is 3.54. The normalized spacial score (nSPS) is 12.3. The average Bonchev–Trinajstić information content (AvgIpc) is 2.71. The Morgan fingerprint density at radius 1 is 0.741 bits per heavy atom. The van der Waals surface area contributed by atoms with Crippen molar-refractivity contribution in [1.29, 1.82) is 0 Å². The molecule has 0 bridgehead atoms. The van der Waals surface area contributed by atoms with E-state index in [0.29, 0.717) is 0 Å². The van der Waals surface area contributed by atoms with E-state index in [1.165, 1.54) is 10.9 Å². The molecule has 1 aliphatic heterocycles. The van der Waals surface area contributed by atoms with Crippen LogP contribution in [0.15, 0.2) is 78.9 Å². The van der Waals surface area contributed by atoms with Crippen molar-refractivity contribution in [2.75, 3.05) is 12.0 Å². The van der Waals surface area contributed by atoms with Crippen molar-refractivity contribution < 1.29 is 9.47 Å². The Balaban J connectivity index is 1.71. The van der Waals surface area contributed by atoms with Gasteiger partial charge in [0.25, 0.3) is 0 Å². The fraction of sp³-hybridized carbons (Fsp3) is 0.0833. The lowest BCUT2D eigenvalue weighted by atomic mass is 10.1. The third kappa shape index (κ3) is 2.59. The first-order valence-electron chi connectivity index (χ1n) is 8.98. The summed E-state index contributed by atoms with van der Waals surface area (Å²) in [5, 5.41) is 2.33. The molecule has 3 nitrogen and oxygen atoms in total. The lowest BCUT2D eigenvalue weighted by Crippen LogP contribution is -2.15. The minimum atomic E-state index is 0.866. The molecule has 1 aliphatic rings. The molecule has 27 heavy (non-hydrogen) atoms. The first kappa shape index (κ1) is 15.8. The molecule has 0 aromatic heterocycles. The van der Waals surface area contributed by atoms with Crippen molar-refractivity contribution in [3.05, 3.63) is 84.4 Å². The highest BCUT2D eigenvalue weighted by Crippen LogP contribution is 2.50. The van der Waals surface area contributed by atoms with E-state index < -0.39 is 0 Å². The van der Waals surface area contributed by atoms with Gasteiger partial charge in [-0.25, -0.2) is 0 Å². The van der Waals surface area contributed by atoms with E-state index in [0.717, 1.165) is 39.7 Å². The average molecular weight is 353 g/mol. The molecule has 0 fully saturated rings. The van der Waals surface area contributed by atoms with Crippen LogP contribution in [0.25, 0.3) is 10.8 Å². The van der Waals surface area contributed by atoms with Gasteiger partial charge in [-0.1, -0.05) is 30.3 Å². The Hall–Kier alpha value is -3.46. The van der Waals surface area contributed by atoms with E-state index in [1.807, 2.05) is 24.3 Å². The van der Waals surface area contributed by atoms with Gasteiger partial charge in [0.1, 0.15) is 5.75 Å². The summed E-state index contributed by atoms with van der Waals surface area (Å²) in [6.07, 6.45) is 0. The highest BCUT2D eigenvalue weighted by Gasteiger charge is 2.25. The molecule has 4 aromatic carbocycles. The number of aryl methyl sites for hydroxylation is 1. The van der Waals surface area contributed by atoms with Gasteiger partial charge < -0.3 is 14.4 Å². The predicted octanol–water partition coefficient (Wildman–Crippen LogP) is 6.73. The summed E-state index contributed by atoms with van der Waals surface area (Å²) < 4.78 is 11.5. The number of benzene rings is 4. The second-order valence-corrected chi connectivity index (χ2v) is 6.77. The van der Waals surface area contributed by atoms with Gasteiger partial charge in [-0.2, -0.15) is 0 Å². The quantitative estimate of drug-likeness (QED) is 0.351. The molecule has 3 heteroatoms. The van der Waals surface area contributed by atoms with Crippen molar-refractivity contribution in [1.82, 2.24) is 0 Å². The summed E-state index contributed by atoms with van der Waals surface area (Å²) in [4.78, 5) is 2.26. The van der Waals surface area contributed by atoms with Gasteiger partial charge in [0.05, 0.1) is 18.5 Å². The van der Waals surface area contributed by atoms with Crippen LogP contribution in [-0.4, -0.2) is 7.11 Å². The van der Waals surface area contributed by atoms with Crippen molar-refractivity contribution in [2.45, 2.75) is 6.92 Å². The second kappa shape index (κ2) is 6.06. The van der Waals surface area contributed by atoms with Crippen molar-refractivity contribution >= 4 is 27.8 Å². The molecule has 0 saturated carbocycles. The van der Waals surface area contributed by atoms with Crippen molar-refractivity contribution in [3.8, 4) is 17.2 Å². The summed E-state index contributed by atoms with van der Waals surface area (Å²) in [5.41, 5.74) is 4.38. The van der Waals surface area contributed by atoms with Crippen LogP contribution >= 0.6 is 0 Å². The fourth-order valence-corrected chi connectivity index (χ4v) is 3.62. The van der Waals surface area contributed by atoms with E-state index in [4.69, 9.17) is 9.47 Å². The zero-order valence-corrected chi connectivity index (χ0v) is 15.3. The third-order valence-corrected chi connectivity index (χ3v) is 4.97. The number of methoxy groups -OCH3 is 1. The maximum Gasteiger partial charge on any atom is 0.151 e. The fourth-order valence-electron chi connectivity index (χ4n) is 3.62. The molecule has 0 N–H and O–H groups in total. The Morgan fingerprint density at radius 2 is 1.52 bits per heavy atom. The van der Waals surface area contributed by atoms with E-state index in [-0.39, 0.29) is 0 Å². The smallest absolute Gasteiger partial charge is 0.151 e. The van der Waals surface area contributed by atoms with E-state index >= 15 is 0 Å². The van der Waals surface area contributed by atoms with Gasteiger partial charge in [0.2, 0.25) is 0 Å². The zero-order valence-electron chi connectivity index (χ0n) is 15.3. The molecule has 0 saturated heterocycles. The Morgan fingerprint density at radius 3 is 2.41 bits per heavy atom. The monoisotopic (exact) mass is 353 g/mol. The Labute approximate surface area is 158 Å². The van der Waals surface area contributed by atoms with Crippen LogP contribution < -0.4 is 14.4 Å². The van der Waals surface area contributed by atoms with Gasteiger partial charge >= 0.3 is 0 Å². The molecule has 0 atom stereocenters. The topological polar surface area (TPSA) is 21.7 Å². The van der Waals surface area contributed by atoms with E-state index in [9.17, 15) is 0 Å². The number of anilines is 3. The van der Waals surface area contributed by atoms with Crippen molar-refractivity contribution in [2.24, 2.45) is 0 Å². The summed E-state index contributed by atoms with van der Waals surface area (Å²) in [6.45, 7) is 2.08. The molecule has 0 amide bonds. The number of hydrogen-bond acceptors (Lipinski definition) is 3. The minimum absolute atomic E-state index is 0.866.